The Bertz CT molecular complexity index is 451. The van der Waals surface area contributed by atoms with Gasteiger partial charge in [-0.25, -0.2) is 0 Å². The summed E-state index contributed by atoms with van der Waals surface area (Å²) in [6, 6.07) is 5.44. The van der Waals surface area contributed by atoms with Crippen molar-refractivity contribution in [1.29, 1.82) is 0 Å². The van der Waals surface area contributed by atoms with Crippen molar-refractivity contribution < 1.29 is 9.53 Å². The van der Waals surface area contributed by atoms with Crippen LogP contribution in [0.1, 0.15) is 43.0 Å². The van der Waals surface area contributed by atoms with Gasteiger partial charge in [0.05, 0.1) is 12.8 Å². The van der Waals surface area contributed by atoms with E-state index in [-0.39, 0.29) is 5.91 Å². The van der Waals surface area contributed by atoms with Crippen LogP contribution < -0.4 is 15.8 Å². The first-order valence-corrected chi connectivity index (χ1v) is 6.84. The highest BCUT2D eigenvalue weighted by Gasteiger charge is 2.20. The second-order valence-electron chi connectivity index (χ2n) is 5.39. The van der Waals surface area contributed by atoms with Crippen LogP contribution in [0.25, 0.3) is 0 Å². The molecule has 1 aliphatic rings. The van der Waals surface area contributed by atoms with Gasteiger partial charge in [0.15, 0.2) is 0 Å². The standard InChI is InChI=1S/C15H22N2O2/c1-10-3-6-12(7-4-10)17-15(18)11-5-8-14(19-2)13(16)9-11/h5,8-10,12H,3-4,6-7,16H2,1-2H3,(H,17,18). The van der Waals surface area contributed by atoms with Crippen molar-refractivity contribution in [3.05, 3.63) is 23.8 Å². The Kier molecular flexibility index (Phi) is 4.30. The minimum Gasteiger partial charge on any atom is -0.495 e. The summed E-state index contributed by atoms with van der Waals surface area (Å²) in [6.07, 6.45) is 4.52. The average Bonchev–Trinajstić information content (AvgIpc) is 2.41. The second-order valence-corrected chi connectivity index (χ2v) is 5.39. The van der Waals surface area contributed by atoms with Crippen molar-refractivity contribution in [3.63, 3.8) is 0 Å². The molecule has 0 aromatic heterocycles. The molecule has 3 N–H and O–H groups in total. The predicted molar refractivity (Wildman–Crippen MR) is 76.3 cm³/mol. The molecule has 1 aromatic rings. The number of amides is 1. The fourth-order valence-corrected chi connectivity index (χ4v) is 2.55. The molecule has 0 radical (unpaired) electrons. The van der Waals surface area contributed by atoms with Gasteiger partial charge in [0.1, 0.15) is 5.75 Å². The molecule has 4 nitrogen and oxygen atoms in total. The summed E-state index contributed by atoms with van der Waals surface area (Å²) in [4.78, 5) is 12.1. The number of hydrogen-bond acceptors (Lipinski definition) is 3. The van der Waals surface area contributed by atoms with Gasteiger partial charge in [-0.05, 0) is 49.8 Å². The van der Waals surface area contributed by atoms with E-state index >= 15 is 0 Å². The lowest BCUT2D eigenvalue weighted by Gasteiger charge is -2.27. The molecule has 0 aliphatic heterocycles. The van der Waals surface area contributed by atoms with E-state index < -0.39 is 0 Å². The Hall–Kier alpha value is -1.71. The van der Waals surface area contributed by atoms with Gasteiger partial charge in [-0.1, -0.05) is 6.92 Å². The molecule has 104 valence electrons. The highest BCUT2D eigenvalue weighted by molar-refractivity contribution is 5.95. The van der Waals surface area contributed by atoms with Crippen LogP contribution in [0.3, 0.4) is 0 Å². The molecule has 0 saturated heterocycles. The number of hydrogen-bond donors (Lipinski definition) is 2. The lowest BCUT2D eigenvalue weighted by molar-refractivity contribution is 0.0923. The van der Waals surface area contributed by atoms with Gasteiger partial charge in [-0.15, -0.1) is 0 Å². The number of nitrogen functional groups attached to an aromatic ring is 1. The molecule has 0 heterocycles. The summed E-state index contributed by atoms with van der Waals surface area (Å²) < 4.78 is 5.08. The lowest BCUT2D eigenvalue weighted by Crippen LogP contribution is -2.37. The molecule has 0 spiro atoms. The number of carbonyl (C=O) groups excluding carboxylic acids is 1. The molecule has 2 rings (SSSR count). The maximum Gasteiger partial charge on any atom is 0.251 e. The molecule has 1 fully saturated rings. The molecule has 0 bridgehead atoms. The van der Waals surface area contributed by atoms with Gasteiger partial charge >= 0.3 is 0 Å². The topological polar surface area (TPSA) is 64.3 Å². The molecule has 1 saturated carbocycles. The molecular weight excluding hydrogens is 240 g/mol. The third-order valence-corrected chi connectivity index (χ3v) is 3.84. The van der Waals surface area contributed by atoms with Crippen molar-refractivity contribution in [3.8, 4) is 5.75 Å². The highest BCUT2D eigenvalue weighted by atomic mass is 16.5. The van der Waals surface area contributed by atoms with E-state index in [0.717, 1.165) is 18.8 Å². The van der Waals surface area contributed by atoms with Crippen LogP contribution in [0, 0.1) is 5.92 Å². The SMILES string of the molecule is COc1ccc(C(=O)NC2CCC(C)CC2)cc1N. The molecule has 1 aromatic carbocycles. The average molecular weight is 262 g/mol. The van der Waals surface area contributed by atoms with Crippen molar-refractivity contribution in [2.45, 2.75) is 38.6 Å². The van der Waals surface area contributed by atoms with E-state index in [9.17, 15) is 4.79 Å². The van der Waals surface area contributed by atoms with Gasteiger partial charge in [0, 0.05) is 11.6 Å². The lowest BCUT2D eigenvalue weighted by atomic mass is 9.87. The van der Waals surface area contributed by atoms with Crippen LogP contribution in [-0.2, 0) is 0 Å². The zero-order valence-electron chi connectivity index (χ0n) is 11.6. The van der Waals surface area contributed by atoms with Gasteiger partial charge in [-0.2, -0.15) is 0 Å². The maximum atomic E-state index is 12.1. The Morgan fingerprint density at radius 1 is 1.32 bits per heavy atom. The van der Waals surface area contributed by atoms with E-state index in [2.05, 4.69) is 12.2 Å². The van der Waals surface area contributed by atoms with Crippen LogP contribution in [-0.4, -0.2) is 19.1 Å². The Labute approximate surface area is 114 Å². The molecule has 0 unspecified atom stereocenters. The molecule has 1 aliphatic carbocycles. The first-order chi connectivity index (χ1) is 9.10. The van der Waals surface area contributed by atoms with Crippen molar-refractivity contribution >= 4 is 11.6 Å². The Morgan fingerprint density at radius 3 is 2.58 bits per heavy atom. The van der Waals surface area contributed by atoms with Gasteiger partial charge in [-0.3, -0.25) is 4.79 Å². The van der Waals surface area contributed by atoms with E-state index in [0.29, 0.717) is 23.0 Å². The summed E-state index contributed by atoms with van der Waals surface area (Å²) in [7, 11) is 1.56. The zero-order valence-corrected chi connectivity index (χ0v) is 11.6. The van der Waals surface area contributed by atoms with Crippen LogP contribution in [0.5, 0.6) is 5.75 Å². The summed E-state index contributed by atoms with van der Waals surface area (Å²) in [5, 5.41) is 3.09. The Balaban J connectivity index is 1.98. The normalized spacial score (nSPS) is 22.8. The smallest absolute Gasteiger partial charge is 0.251 e. The summed E-state index contributed by atoms with van der Waals surface area (Å²) in [6.45, 7) is 2.27. The number of nitrogens with one attached hydrogen (secondary N) is 1. The van der Waals surface area contributed by atoms with Crippen molar-refractivity contribution in [1.82, 2.24) is 5.32 Å². The number of anilines is 1. The monoisotopic (exact) mass is 262 g/mol. The van der Waals surface area contributed by atoms with Gasteiger partial charge in [0.25, 0.3) is 5.91 Å². The fourth-order valence-electron chi connectivity index (χ4n) is 2.55. The number of methoxy groups -OCH3 is 1. The maximum absolute atomic E-state index is 12.1. The van der Waals surface area contributed by atoms with Crippen molar-refractivity contribution in [2.75, 3.05) is 12.8 Å². The van der Waals surface area contributed by atoms with Crippen LogP contribution in [0.4, 0.5) is 5.69 Å². The second kappa shape index (κ2) is 5.95. The third kappa shape index (κ3) is 3.40. The van der Waals surface area contributed by atoms with Crippen LogP contribution >= 0.6 is 0 Å². The summed E-state index contributed by atoms with van der Waals surface area (Å²) in [5.74, 6) is 1.33. The quantitative estimate of drug-likeness (QED) is 0.823. The molecule has 1 amide bonds. The molecular formula is C15H22N2O2. The first-order valence-electron chi connectivity index (χ1n) is 6.84. The number of rotatable bonds is 3. The van der Waals surface area contributed by atoms with E-state index in [1.54, 1.807) is 25.3 Å². The van der Waals surface area contributed by atoms with Gasteiger partial charge in [0.2, 0.25) is 0 Å². The molecule has 19 heavy (non-hydrogen) atoms. The zero-order chi connectivity index (χ0) is 13.8. The van der Waals surface area contributed by atoms with Crippen LogP contribution in [0.2, 0.25) is 0 Å². The predicted octanol–water partition coefficient (Wildman–Crippen LogP) is 2.59. The largest absolute Gasteiger partial charge is 0.495 e. The fraction of sp³-hybridized carbons (Fsp3) is 0.533. The number of nitrogens with two attached hydrogens (primary N) is 1. The van der Waals surface area contributed by atoms with E-state index in [4.69, 9.17) is 10.5 Å². The Morgan fingerprint density at radius 2 is 2.00 bits per heavy atom. The van der Waals surface area contributed by atoms with Crippen LogP contribution in [0.15, 0.2) is 18.2 Å². The van der Waals surface area contributed by atoms with E-state index in [1.807, 2.05) is 0 Å². The highest BCUT2D eigenvalue weighted by Crippen LogP contribution is 2.25. The van der Waals surface area contributed by atoms with Gasteiger partial charge < -0.3 is 15.8 Å². The number of benzene rings is 1. The minimum absolute atomic E-state index is 0.0473. The summed E-state index contributed by atoms with van der Waals surface area (Å²) in [5.41, 5.74) is 6.90. The summed E-state index contributed by atoms with van der Waals surface area (Å²) >= 11 is 0. The van der Waals surface area contributed by atoms with Crippen molar-refractivity contribution in [2.24, 2.45) is 5.92 Å². The first kappa shape index (κ1) is 13.7. The molecule has 4 heteroatoms. The number of carbonyl (C=O) groups is 1. The third-order valence-electron chi connectivity index (χ3n) is 3.84. The minimum atomic E-state index is -0.0473. The van der Waals surface area contributed by atoms with E-state index in [1.165, 1.54) is 12.8 Å². The number of ether oxygens (including phenoxy) is 1. The molecule has 0 atom stereocenters.